The van der Waals surface area contributed by atoms with Crippen LogP contribution in [0.15, 0.2) is 18.2 Å². The first-order valence-corrected chi connectivity index (χ1v) is 6.69. The Morgan fingerprint density at radius 1 is 1.24 bits per heavy atom. The SMILES string of the molecule is CCCCCN(c1ccc(C)c(N)c1)C(C)C. The highest BCUT2D eigenvalue weighted by molar-refractivity contribution is 5.60. The van der Waals surface area contributed by atoms with Crippen molar-refractivity contribution in [1.82, 2.24) is 0 Å². The van der Waals surface area contributed by atoms with Crippen LogP contribution in [0.3, 0.4) is 0 Å². The van der Waals surface area contributed by atoms with Gasteiger partial charge in [0.05, 0.1) is 0 Å². The van der Waals surface area contributed by atoms with Crippen LogP contribution in [0.2, 0.25) is 0 Å². The molecule has 17 heavy (non-hydrogen) atoms. The zero-order valence-electron chi connectivity index (χ0n) is 11.7. The lowest BCUT2D eigenvalue weighted by molar-refractivity contribution is 0.626. The molecule has 0 aromatic heterocycles. The molecule has 0 fully saturated rings. The number of anilines is 2. The molecule has 0 heterocycles. The van der Waals surface area contributed by atoms with Gasteiger partial charge in [0.1, 0.15) is 0 Å². The Balaban J connectivity index is 2.78. The molecule has 0 aliphatic rings. The normalized spacial score (nSPS) is 10.9. The van der Waals surface area contributed by atoms with Crippen LogP contribution >= 0.6 is 0 Å². The molecule has 0 unspecified atom stereocenters. The summed E-state index contributed by atoms with van der Waals surface area (Å²) in [7, 11) is 0. The van der Waals surface area contributed by atoms with Gasteiger partial charge in [0.15, 0.2) is 0 Å². The first kappa shape index (κ1) is 13.9. The van der Waals surface area contributed by atoms with Gasteiger partial charge in [-0.15, -0.1) is 0 Å². The molecule has 0 amide bonds. The molecule has 0 radical (unpaired) electrons. The third-order valence-corrected chi connectivity index (χ3v) is 3.22. The minimum absolute atomic E-state index is 0.522. The lowest BCUT2D eigenvalue weighted by Gasteiger charge is -2.29. The van der Waals surface area contributed by atoms with Crippen LogP contribution in [0.4, 0.5) is 11.4 Å². The van der Waals surface area contributed by atoms with Crippen molar-refractivity contribution in [2.45, 2.75) is 53.0 Å². The Hall–Kier alpha value is -1.18. The summed E-state index contributed by atoms with van der Waals surface area (Å²) in [6.07, 6.45) is 3.81. The maximum atomic E-state index is 5.99. The highest BCUT2D eigenvalue weighted by atomic mass is 15.1. The molecule has 0 bridgehead atoms. The third-order valence-electron chi connectivity index (χ3n) is 3.22. The van der Waals surface area contributed by atoms with Crippen LogP contribution in [-0.4, -0.2) is 12.6 Å². The van der Waals surface area contributed by atoms with Crippen molar-refractivity contribution in [2.75, 3.05) is 17.2 Å². The summed E-state index contributed by atoms with van der Waals surface area (Å²) < 4.78 is 0. The molecule has 0 saturated heterocycles. The quantitative estimate of drug-likeness (QED) is 0.596. The van der Waals surface area contributed by atoms with Crippen LogP contribution in [0.5, 0.6) is 0 Å². The molecule has 0 atom stereocenters. The third kappa shape index (κ3) is 3.95. The molecule has 2 nitrogen and oxygen atoms in total. The minimum Gasteiger partial charge on any atom is -0.398 e. The molecule has 0 spiro atoms. The van der Waals surface area contributed by atoms with Crippen LogP contribution in [0, 0.1) is 6.92 Å². The second-order valence-electron chi connectivity index (χ2n) is 5.04. The topological polar surface area (TPSA) is 29.3 Å². The van der Waals surface area contributed by atoms with E-state index in [-0.39, 0.29) is 0 Å². The first-order valence-electron chi connectivity index (χ1n) is 6.69. The lowest BCUT2D eigenvalue weighted by atomic mass is 10.1. The first-order chi connectivity index (χ1) is 8.06. The maximum Gasteiger partial charge on any atom is 0.0389 e. The van der Waals surface area contributed by atoms with Crippen molar-refractivity contribution < 1.29 is 0 Å². The molecule has 0 saturated carbocycles. The fourth-order valence-electron chi connectivity index (χ4n) is 2.02. The van der Waals surface area contributed by atoms with Crippen LogP contribution in [-0.2, 0) is 0 Å². The Kier molecular flexibility index (Phi) is 5.33. The molecular formula is C15H26N2. The second-order valence-corrected chi connectivity index (χ2v) is 5.04. The number of nitrogens with two attached hydrogens (primary N) is 1. The van der Waals surface area contributed by atoms with E-state index in [4.69, 9.17) is 5.73 Å². The number of aryl methyl sites for hydroxylation is 1. The number of benzene rings is 1. The van der Waals surface area contributed by atoms with Crippen molar-refractivity contribution in [3.05, 3.63) is 23.8 Å². The van der Waals surface area contributed by atoms with E-state index in [1.165, 1.54) is 24.9 Å². The van der Waals surface area contributed by atoms with Gasteiger partial charge >= 0.3 is 0 Å². The zero-order chi connectivity index (χ0) is 12.8. The minimum atomic E-state index is 0.522. The molecule has 2 N–H and O–H groups in total. The van der Waals surface area contributed by atoms with E-state index in [1.54, 1.807) is 0 Å². The van der Waals surface area contributed by atoms with Gasteiger partial charge in [-0.1, -0.05) is 25.8 Å². The maximum absolute atomic E-state index is 5.99. The highest BCUT2D eigenvalue weighted by Gasteiger charge is 2.10. The van der Waals surface area contributed by atoms with Crippen LogP contribution in [0.1, 0.15) is 45.6 Å². The molecule has 0 aliphatic heterocycles. The average Bonchev–Trinajstić information content (AvgIpc) is 2.28. The van der Waals surface area contributed by atoms with Crippen LogP contribution in [0.25, 0.3) is 0 Å². The predicted molar refractivity (Wildman–Crippen MR) is 77.6 cm³/mol. The van der Waals surface area contributed by atoms with Crippen molar-refractivity contribution in [3.63, 3.8) is 0 Å². The summed E-state index contributed by atoms with van der Waals surface area (Å²) in [5, 5.41) is 0. The average molecular weight is 234 g/mol. The Bertz CT molecular complexity index is 345. The van der Waals surface area contributed by atoms with E-state index < -0.39 is 0 Å². The largest absolute Gasteiger partial charge is 0.398 e. The predicted octanol–water partition coefficient (Wildman–Crippen LogP) is 3.98. The zero-order valence-corrected chi connectivity index (χ0v) is 11.7. The molecule has 96 valence electrons. The monoisotopic (exact) mass is 234 g/mol. The van der Waals surface area contributed by atoms with Gasteiger partial charge in [-0.25, -0.2) is 0 Å². The van der Waals surface area contributed by atoms with Crippen molar-refractivity contribution in [1.29, 1.82) is 0 Å². The number of unbranched alkanes of at least 4 members (excludes halogenated alkanes) is 2. The van der Waals surface area contributed by atoms with Gasteiger partial charge in [0.25, 0.3) is 0 Å². The summed E-state index contributed by atoms with van der Waals surface area (Å²) in [5.41, 5.74) is 9.29. The standard InChI is InChI=1S/C15H26N2/c1-5-6-7-10-17(12(2)3)14-9-8-13(4)15(16)11-14/h8-9,11-12H,5-7,10,16H2,1-4H3. The molecular weight excluding hydrogens is 208 g/mol. The Morgan fingerprint density at radius 3 is 2.47 bits per heavy atom. The smallest absolute Gasteiger partial charge is 0.0389 e. The van der Waals surface area contributed by atoms with Gasteiger partial charge in [-0.3, -0.25) is 0 Å². The number of nitrogen functional groups attached to an aromatic ring is 1. The summed E-state index contributed by atoms with van der Waals surface area (Å²) in [6, 6.07) is 6.91. The van der Waals surface area contributed by atoms with Gasteiger partial charge in [-0.2, -0.15) is 0 Å². The summed E-state index contributed by atoms with van der Waals surface area (Å²) in [6.45, 7) is 9.89. The Morgan fingerprint density at radius 2 is 1.94 bits per heavy atom. The second kappa shape index (κ2) is 6.53. The fourth-order valence-corrected chi connectivity index (χ4v) is 2.02. The fraction of sp³-hybridized carbons (Fsp3) is 0.600. The van der Waals surface area contributed by atoms with Crippen molar-refractivity contribution in [2.24, 2.45) is 0 Å². The van der Waals surface area contributed by atoms with E-state index in [0.29, 0.717) is 6.04 Å². The van der Waals surface area contributed by atoms with E-state index in [9.17, 15) is 0 Å². The number of hydrogen-bond acceptors (Lipinski definition) is 2. The van der Waals surface area contributed by atoms with Crippen LogP contribution < -0.4 is 10.6 Å². The molecule has 1 rings (SSSR count). The number of nitrogens with zero attached hydrogens (tertiary/aromatic N) is 1. The Labute approximate surface area is 106 Å². The molecule has 2 heteroatoms. The van der Waals surface area contributed by atoms with Gasteiger partial charge < -0.3 is 10.6 Å². The highest BCUT2D eigenvalue weighted by Crippen LogP contribution is 2.23. The van der Waals surface area contributed by atoms with Crippen molar-refractivity contribution in [3.8, 4) is 0 Å². The summed E-state index contributed by atoms with van der Waals surface area (Å²) in [4.78, 5) is 2.44. The molecule has 1 aromatic carbocycles. The van der Waals surface area contributed by atoms with E-state index in [0.717, 1.165) is 17.8 Å². The van der Waals surface area contributed by atoms with E-state index in [1.807, 2.05) is 0 Å². The van der Waals surface area contributed by atoms with Gasteiger partial charge in [0.2, 0.25) is 0 Å². The van der Waals surface area contributed by atoms with Gasteiger partial charge in [-0.05, 0) is 44.9 Å². The summed E-state index contributed by atoms with van der Waals surface area (Å²) in [5.74, 6) is 0. The number of rotatable bonds is 6. The van der Waals surface area contributed by atoms with E-state index in [2.05, 4.69) is 50.8 Å². The van der Waals surface area contributed by atoms with E-state index >= 15 is 0 Å². The van der Waals surface area contributed by atoms with Gasteiger partial charge in [0, 0.05) is 24.0 Å². The lowest BCUT2D eigenvalue weighted by Crippen LogP contribution is -2.31. The molecule has 1 aromatic rings. The molecule has 0 aliphatic carbocycles. The van der Waals surface area contributed by atoms with Crippen molar-refractivity contribution >= 4 is 11.4 Å². The summed E-state index contributed by atoms with van der Waals surface area (Å²) >= 11 is 0. The number of hydrogen-bond donors (Lipinski definition) is 1.